The minimum absolute atomic E-state index is 0.0333. The first-order chi connectivity index (χ1) is 12.1. The minimum atomic E-state index is -1.06. The summed E-state index contributed by atoms with van der Waals surface area (Å²) in [5.41, 5.74) is 1.20. The molecule has 1 N–H and O–H groups in total. The number of rotatable bonds is 5. The SMILES string of the molecule is COc1cccc(C(C)N2CCN(c3cnc(C(=O)O)cn3)CC2)c1. The van der Waals surface area contributed by atoms with Gasteiger partial charge in [0.2, 0.25) is 0 Å². The van der Waals surface area contributed by atoms with Crippen LogP contribution in [0.1, 0.15) is 29.0 Å². The van der Waals surface area contributed by atoms with Gasteiger partial charge >= 0.3 is 5.97 Å². The number of nitrogens with zero attached hydrogens (tertiary/aromatic N) is 4. The van der Waals surface area contributed by atoms with E-state index in [2.05, 4.69) is 38.8 Å². The molecule has 25 heavy (non-hydrogen) atoms. The first-order valence-corrected chi connectivity index (χ1v) is 8.27. The number of ether oxygens (including phenoxy) is 1. The van der Waals surface area contributed by atoms with Gasteiger partial charge in [-0.05, 0) is 24.6 Å². The molecule has 2 heterocycles. The molecule has 1 saturated heterocycles. The third-order valence-electron chi connectivity index (χ3n) is 4.62. The van der Waals surface area contributed by atoms with Crippen LogP contribution in [0.2, 0.25) is 0 Å². The van der Waals surface area contributed by atoms with Crippen molar-refractivity contribution in [3.63, 3.8) is 0 Å². The maximum atomic E-state index is 10.9. The summed E-state index contributed by atoms with van der Waals surface area (Å²) in [6, 6.07) is 8.47. The summed E-state index contributed by atoms with van der Waals surface area (Å²) < 4.78 is 5.31. The van der Waals surface area contributed by atoms with Crippen molar-refractivity contribution in [1.29, 1.82) is 0 Å². The lowest BCUT2D eigenvalue weighted by molar-refractivity contribution is 0.0690. The maximum absolute atomic E-state index is 10.9. The first kappa shape index (κ1) is 17.2. The van der Waals surface area contributed by atoms with Crippen LogP contribution in [0.5, 0.6) is 5.75 Å². The van der Waals surface area contributed by atoms with Gasteiger partial charge in [0, 0.05) is 32.2 Å². The molecule has 1 aliphatic rings. The largest absolute Gasteiger partial charge is 0.497 e. The lowest BCUT2D eigenvalue weighted by Gasteiger charge is -2.38. The quantitative estimate of drug-likeness (QED) is 0.891. The van der Waals surface area contributed by atoms with Gasteiger partial charge in [0.1, 0.15) is 11.6 Å². The van der Waals surface area contributed by atoms with Crippen molar-refractivity contribution in [3.8, 4) is 5.75 Å². The average molecular weight is 342 g/mol. The molecular weight excluding hydrogens is 320 g/mol. The smallest absolute Gasteiger partial charge is 0.356 e. The van der Waals surface area contributed by atoms with Crippen molar-refractivity contribution < 1.29 is 14.6 Å². The topological polar surface area (TPSA) is 78.8 Å². The van der Waals surface area contributed by atoms with Crippen molar-refractivity contribution in [2.24, 2.45) is 0 Å². The van der Waals surface area contributed by atoms with E-state index in [-0.39, 0.29) is 5.69 Å². The number of hydrogen-bond acceptors (Lipinski definition) is 6. The van der Waals surface area contributed by atoms with Crippen LogP contribution in [-0.2, 0) is 0 Å². The molecule has 1 unspecified atom stereocenters. The number of aromatic nitrogens is 2. The van der Waals surface area contributed by atoms with E-state index in [1.54, 1.807) is 7.11 Å². The number of carboxylic acids is 1. The van der Waals surface area contributed by atoms with E-state index in [1.165, 1.54) is 18.0 Å². The summed E-state index contributed by atoms with van der Waals surface area (Å²) in [6.45, 7) is 5.66. The Balaban J connectivity index is 1.62. The van der Waals surface area contributed by atoms with Gasteiger partial charge in [0.15, 0.2) is 5.69 Å². The minimum Gasteiger partial charge on any atom is -0.497 e. The number of aromatic carboxylic acids is 1. The number of carbonyl (C=O) groups is 1. The van der Waals surface area contributed by atoms with Gasteiger partial charge in [-0.25, -0.2) is 14.8 Å². The van der Waals surface area contributed by atoms with Gasteiger partial charge in [-0.1, -0.05) is 12.1 Å². The molecule has 2 aromatic rings. The average Bonchev–Trinajstić information content (AvgIpc) is 2.67. The Morgan fingerprint density at radius 1 is 1.20 bits per heavy atom. The molecule has 0 saturated carbocycles. The summed E-state index contributed by atoms with van der Waals surface area (Å²) in [5.74, 6) is 0.534. The monoisotopic (exact) mass is 342 g/mol. The van der Waals surface area contributed by atoms with Crippen LogP contribution in [-0.4, -0.2) is 59.2 Å². The number of methoxy groups -OCH3 is 1. The second-order valence-electron chi connectivity index (χ2n) is 6.04. The highest BCUT2D eigenvalue weighted by Gasteiger charge is 2.23. The van der Waals surface area contributed by atoms with E-state index in [1.807, 2.05) is 12.1 Å². The lowest BCUT2D eigenvalue weighted by Crippen LogP contribution is -2.47. The molecule has 132 valence electrons. The molecule has 0 bridgehead atoms. The number of carboxylic acid groups (broad SMARTS) is 1. The number of piperazine rings is 1. The Morgan fingerprint density at radius 3 is 2.56 bits per heavy atom. The number of anilines is 1. The van der Waals surface area contributed by atoms with Gasteiger partial charge in [0.05, 0.1) is 19.5 Å². The molecule has 1 aromatic carbocycles. The van der Waals surface area contributed by atoms with Crippen molar-refractivity contribution in [3.05, 3.63) is 47.9 Å². The van der Waals surface area contributed by atoms with Crippen LogP contribution < -0.4 is 9.64 Å². The molecule has 1 aliphatic heterocycles. The molecular formula is C18H22N4O3. The Kier molecular flexibility index (Phi) is 5.14. The summed E-state index contributed by atoms with van der Waals surface area (Å²) >= 11 is 0. The maximum Gasteiger partial charge on any atom is 0.356 e. The summed E-state index contributed by atoms with van der Waals surface area (Å²) in [7, 11) is 1.68. The molecule has 1 atom stereocenters. The van der Waals surface area contributed by atoms with E-state index in [0.717, 1.165) is 37.7 Å². The number of hydrogen-bond donors (Lipinski definition) is 1. The summed E-state index contributed by atoms with van der Waals surface area (Å²) in [5, 5.41) is 8.90. The second kappa shape index (κ2) is 7.48. The highest BCUT2D eigenvalue weighted by Crippen LogP contribution is 2.25. The van der Waals surface area contributed by atoms with E-state index in [0.29, 0.717) is 6.04 Å². The van der Waals surface area contributed by atoms with Crippen LogP contribution in [0.4, 0.5) is 5.82 Å². The highest BCUT2D eigenvalue weighted by molar-refractivity contribution is 5.84. The van der Waals surface area contributed by atoms with Crippen LogP contribution >= 0.6 is 0 Å². The van der Waals surface area contributed by atoms with Crippen molar-refractivity contribution in [1.82, 2.24) is 14.9 Å². The fourth-order valence-electron chi connectivity index (χ4n) is 3.05. The van der Waals surface area contributed by atoms with Crippen molar-refractivity contribution >= 4 is 11.8 Å². The molecule has 1 aromatic heterocycles. The zero-order chi connectivity index (χ0) is 17.8. The van der Waals surface area contributed by atoms with Crippen molar-refractivity contribution in [2.45, 2.75) is 13.0 Å². The Hall–Kier alpha value is -2.67. The Bertz CT molecular complexity index is 727. The van der Waals surface area contributed by atoms with Gasteiger partial charge < -0.3 is 14.7 Å². The third kappa shape index (κ3) is 3.88. The zero-order valence-corrected chi connectivity index (χ0v) is 14.4. The molecule has 0 aliphatic carbocycles. The predicted molar refractivity (Wildman–Crippen MR) is 94.2 cm³/mol. The molecule has 7 heteroatoms. The molecule has 7 nitrogen and oxygen atoms in total. The Labute approximate surface area is 146 Å². The summed E-state index contributed by atoms with van der Waals surface area (Å²) in [4.78, 5) is 23.6. The standard InChI is InChI=1S/C18H22N4O3/c1-13(14-4-3-5-15(10-14)25-2)21-6-8-22(9-7-21)17-12-19-16(11-20-17)18(23)24/h3-5,10-13H,6-9H2,1-2H3,(H,23,24). The third-order valence-corrected chi connectivity index (χ3v) is 4.62. The van der Waals surface area contributed by atoms with Gasteiger partial charge in [-0.3, -0.25) is 4.90 Å². The van der Waals surface area contributed by atoms with Crippen LogP contribution in [0, 0.1) is 0 Å². The molecule has 0 spiro atoms. The van der Waals surface area contributed by atoms with Crippen LogP contribution in [0.25, 0.3) is 0 Å². The van der Waals surface area contributed by atoms with Crippen LogP contribution in [0.15, 0.2) is 36.7 Å². The molecule has 0 radical (unpaired) electrons. The number of benzene rings is 1. The van der Waals surface area contributed by atoms with E-state index in [9.17, 15) is 4.79 Å². The highest BCUT2D eigenvalue weighted by atomic mass is 16.5. The van der Waals surface area contributed by atoms with E-state index in [4.69, 9.17) is 9.84 Å². The molecule has 3 rings (SSSR count). The second-order valence-corrected chi connectivity index (χ2v) is 6.04. The van der Waals surface area contributed by atoms with Crippen LogP contribution in [0.3, 0.4) is 0 Å². The van der Waals surface area contributed by atoms with E-state index >= 15 is 0 Å². The molecule has 1 fully saturated rings. The zero-order valence-electron chi connectivity index (χ0n) is 14.4. The van der Waals surface area contributed by atoms with Gasteiger partial charge in [-0.2, -0.15) is 0 Å². The fourth-order valence-corrected chi connectivity index (χ4v) is 3.05. The fraction of sp³-hybridized carbons (Fsp3) is 0.389. The normalized spacial score (nSPS) is 16.5. The molecule has 0 amide bonds. The van der Waals surface area contributed by atoms with Gasteiger partial charge in [0.25, 0.3) is 0 Å². The predicted octanol–water partition coefficient (Wildman–Crippen LogP) is 2.07. The lowest BCUT2D eigenvalue weighted by atomic mass is 10.1. The van der Waals surface area contributed by atoms with E-state index < -0.39 is 5.97 Å². The Morgan fingerprint density at radius 2 is 1.96 bits per heavy atom. The van der Waals surface area contributed by atoms with Crippen molar-refractivity contribution in [2.75, 3.05) is 38.2 Å². The first-order valence-electron chi connectivity index (χ1n) is 8.27. The van der Waals surface area contributed by atoms with Gasteiger partial charge in [-0.15, -0.1) is 0 Å². The summed E-state index contributed by atoms with van der Waals surface area (Å²) in [6.07, 6.45) is 2.84.